The van der Waals surface area contributed by atoms with Gasteiger partial charge in [0, 0.05) is 31.2 Å². The van der Waals surface area contributed by atoms with Crippen LogP contribution < -0.4 is 4.74 Å². The first-order valence-corrected chi connectivity index (χ1v) is 10.4. The van der Waals surface area contributed by atoms with Crippen LogP contribution in [0.25, 0.3) is 0 Å². The van der Waals surface area contributed by atoms with Crippen molar-refractivity contribution in [2.24, 2.45) is 0 Å². The Labute approximate surface area is 166 Å². The first kappa shape index (κ1) is 25.2. The van der Waals surface area contributed by atoms with E-state index in [1.54, 1.807) is 0 Å². The number of hydrogen-bond acceptors (Lipinski definition) is 1. The van der Waals surface area contributed by atoms with E-state index in [1.807, 2.05) is 49.4 Å². The molecule has 0 heterocycles. The van der Waals surface area contributed by atoms with Gasteiger partial charge in [-0.05, 0) is 38.5 Å². The molecule has 1 aromatic rings. The zero-order chi connectivity index (χ0) is 17.3. The second-order valence-corrected chi connectivity index (χ2v) is 6.36. The maximum atomic E-state index is 5.62. The second-order valence-electron chi connectivity index (χ2n) is 5.21. The quantitative estimate of drug-likeness (QED) is 0.368. The van der Waals surface area contributed by atoms with Gasteiger partial charge in [-0.25, -0.2) is 12.2 Å². The third-order valence-electron chi connectivity index (χ3n) is 2.72. The molecule has 0 atom stereocenters. The summed E-state index contributed by atoms with van der Waals surface area (Å²) in [5.74, 6) is 0.920. The molecule has 0 aromatic heterocycles. The number of ether oxygens (including phenoxy) is 1. The van der Waals surface area contributed by atoms with E-state index in [0.717, 1.165) is 21.7 Å². The van der Waals surface area contributed by atoms with Gasteiger partial charge in [0.05, 0.1) is 0 Å². The average Bonchev–Trinajstić information content (AvgIpc) is 3.14. The average molecular weight is 374 g/mol. The predicted octanol–water partition coefficient (Wildman–Crippen LogP) is 5.80. The second kappa shape index (κ2) is 18.3. The number of para-hydroxylation sites is 1. The smallest absolute Gasteiger partial charge is 0.119 e. The number of hydrogen-bond donors (Lipinski definition) is 0. The molecule has 1 aliphatic rings. The Kier molecular flexibility index (Phi) is 19.1. The molecule has 0 fully saturated rings. The van der Waals surface area contributed by atoms with Crippen molar-refractivity contribution >= 4 is 9.52 Å². The largest absolute Gasteiger partial charge is 0.489 e. The summed E-state index contributed by atoms with van der Waals surface area (Å²) in [5, 5.41) is 0. The van der Waals surface area contributed by atoms with E-state index in [9.17, 15) is 0 Å². The molecule has 0 spiro atoms. The topological polar surface area (TPSA) is 9.23 Å². The summed E-state index contributed by atoms with van der Waals surface area (Å²) in [5.41, 5.74) is 2.50. The third-order valence-corrected chi connectivity index (χ3v) is 2.72. The van der Waals surface area contributed by atoms with Gasteiger partial charge < -0.3 is 4.74 Å². The molecule has 2 rings (SSSR count). The van der Waals surface area contributed by atoms with Crippen molar-refractivity contribution in [2.75, 3.05) is 6.61 Å². The van der Waals surface area contributed by atoms with Gasteiger partial charge in [-0.1, -0.05) is 49.0 Å². The van der Waals surface area contributed by atoms with Gasteiger partial charge in [-0.15, -0.1) is 6.42 Å². The fourth-order valence-electron chi connectivity index (χ4n) is 1.57. The molecular formula is C21H30OSiTi-. The Balaban J connectivity index is 0. The summed E-state index contributed by atoms with van der Waals surface area (Å²) in [7, 11) is 0.750. The van der Waals surface area contributed by atoms with Crippen LogP contribution in [0.3, 0.4) is 0 Å². The molecule has 0 unspecified atom stereocenters. The third kappa shape index (κ3) is 15.8. The minimum absolute atomic E-state index is 0. The van der Waals surface area contributed by atoms with Crippen LogP contribution in [0.5, 0.6) is 5.75 Å². The summed E-state index contributed by atoms with van der Waals surface area (Å²) >= 11 is 0. The minimum Gasteiger partial charge on any atom is -0.489 e. The van der Waals surface area contributed by atoms with Crippen LogP contribution in [0.1, 0.15) is 27.2 Å². The van der Waals surface area contributed by atoms with Gasteiger partial charge in [0.15, 0.2) is 0 Å². The molecule has 1 aliphatic carbocycles. The predicted molar refractivity (Wildman–Crippen MR) is 106 cm³/mol. The van der Waals surface area contributed by atoms with Gasteiger partial charge in [-0.2, -0.15) is 6.08 Å². The van der Waals surface area contributed by atoms with Crippen LogP contribution in [-0.4, -0.2) is 16.1 Å². The molecule has 3 heteroatoms. The Hall–Kier alpha value is -1.09. The van der Waals surface area contributed by atoms with Crippen LogP contribution in [0.4, 0.5) is 0 Å². The van der Waals surface area contributed by atoms with Gasteiger partial charge in [0.2, 0.25) is 0 Å². The maximum Gasteiger partial charge on any atom is 0.119 e. The van der Waals surface area contributed by atoms with Crippen LogP contribution in [0, 0.1) is 6.08 Å². The fourth-order valence-corrected chi connectivity index (χ4v) is 1.57. The standard InChI is InChI=1S/C14H18O.C5H5.C2H7Si.Ti/c1-4-12(2)10-13(3)11-15-14-8-6-5-7-9-14;1-2-4-5-3-1;1-3-2;/h4-10H,11H2,1-3H3;1-3H,4H2;3H,1-2H3;/q;-1;;. The molecule has 0 amide bonds. The Morgan fingerprint density at radius 1 is 1.21 bits per heavy atom. The zero-order valence-electron chi connectivity index (χ0n) is 15.7. The molecule has 1 radical (unpaired) electrons. The molecule has 24 heavy (non-hydrogen) atoms. The molecule has 0 saturated heterocycles. The molecule has 0 aliphatic heterocycles. The van der Waals surface area contributed by atoms with Crippen LogP contribution in [-0.2, 0) is 21.7 Å². The molecule has 0 saturated carbocycles. The summed E-state index contributed by atoms with van der Waals surface area (Å²) in [4.78, 5) is 0. The first-order valence-electron chi connectivity index (χ1n) is 8.07. The summed E-state index contributed by atoms with van der Waals surface area (Å²) < 4.78 is 5.62. The Morgan fingerprint density at radius 2 is 1.83 bits per heavy atom. The van der Waals surface area contributed by atoms with Crippen molar-refractivity contribution in [3.63, 3.8) is 0 Å². The van der Waals surface area contributed by atoms with Gasteiger partial charge in [0.1, 0.15) is 12.4 Å². The molecule has 129 valence electrons. The maximum absolute atomic E-state index is 5.62. The monoisotopic (exact) mass is 374 g/mol. The number of benzene rings is 1. The van der Waals surface area contributed by atoms with E-state index in [0.29, 0.717) is 6.61 Å². The normalized spacial score (nSPS) is 12.4. The van der Waals surface area contributed by atoms with Crippen LogP contribution in [0.2, 0.25) is 13.1 Å². The van der Waals surface area contributed by atoms with Gasteiger partial charge in [-0.3, -0.25) is 6.08 Å². The fraction of sp³-hybridized carbons (Fsp3) is 0.333. The summed E-state index contributed by atoms with van der Waals surface area (Å²) in [6.07, 6.45) is 14.2. The molecular weight excluding hydrogens is 344 g/mol. The minimum atomic E-state index is 0. The molecule has 0 bridgehead atoms. The van der Waals surface area contributed by atoms with Crippen molar-refractivity contribution in [2.45, 2.75) is 40.3 Å². The van der Waals surface area contributed by atoms with Gasteiger partial charge in [0.25, 0.3) is 0 Å². The molecule has 0 N–H and O–H groups in total. The van der Waals surface area contributed by atoms with E-state index < -0.39 is 0 Å². The Bertz CT molecular complexity index is 506. The van der Waals surface area contributed by atoms with E-state index in [2.05, 4.69) is 51.2 Å². The van der Waals surface area contributed by atoms with Crippen molar-refractivity contribution in [3.8, 4) is 5.75 Å². The summed E-state index contributed by atoms with van der Waals surface area (Å²) in [6.45, 7) is 11.3. The van der Waals surface area contributed by atoms with Crippen LogP contribution in [0.15, 0.2) is 71.9 Å². The summed E-state index contributed by atoms with van der Waals surface area (Å²) in [6, 6.07) is 9.88. The SMILES string of the molecule is CC=C(C)C=C(C)COc1ccccc1.C[SiH]C.[C-]1=CC=CC1.[Ti]. The van der Waals surface area contributed by atoms with Crippen molar-refractivity contribution in [1.82, 2.24) is 0 Å². The van der Waals surface area contributed by atoms with E-state index >= 15 is 0 Å². The van der Waals surface area contributed by atoms with Crippen molar-refractivity contribution in [3.05, 3.63) is 77.9 Å². The van der Waals surface area contributed by atoms with E-state index in [-0.39, 0.29) is 21.7 Å². The molecule has 1 nitrogen and oxygen atoms in total. The first-order chi connectivity index (χ1) is 11.1. The van der Waals surface area contributed by atoms with Crippen molar-refractivity contribution in [1.29, 1.82) is 0 Å². The van der Waals surface area contributed by atoms with Crippen LogP contribution >= 0.6 is 0 Å². The molecule has 1 aromatic carbocycles. The van der Waals surface area contributed by atoms with E-state index in [4.69, 9.17) is 4.74 Å². The van der Waals surface area contributed by atoms with Gasteiger partial charge >= 0.3 is 0 Å². The van der Waals surface area contributed by atoms with E-state index in [1.165, 1.54) is 11.1 Å². The van der Waals surface area contributed by atoms with Crippen molar-refractivity contribution < 1.29 is 26.5 Å². The number of allylic oxidation sites excluding steroid dienone is 7. The number of rotatable bonds is 4. The zero-order valence-corrected chi connectivity index (χ0v) is 18.4. The Morgan fingerprint density at radius 3 is 2.25 bits per heavy atom.